The highest BCUT2D eigenvalue weighted by Gasteiger charge is 2.01. The standard InChI is InChI=1S/C8H11BrN2.ClH/c1-2-7(10)6-3-4-8(9)11-5-6;/h3-5,7H,2,10H2,1H3;1H/t7-;/m0./s1. The largest absolute Gasteiger partial charge is 0.324 e. The van der Waals surface area contributed by atoms with Crippen molar-refractivity contribution in [3.8, 4) is 0 Å². The summed E-state index contributed by atoms with van der Waals surface area (Å²) < 4.78 is 0.851. The van der Waals surface area contributed by atoms with Gasteiger partial charge in [-0.1, -0.05) is 13.0 Å². The highest BCUT2D eigenvalue weighted by Crippen LogP contribution is 2.14. The van der Waals surface area contributed by atoms with E-state index in [0.29, 0.717) is 0 Å². The van der Waals surface area contributed by atoms with E-state index in [1.54, 1.807) is 6.20 Å². The van der Waals surface area contributed by atoms with E-state index in [0.717, 1.165) is 16.6 Å². The summed E-state index contributed by atoms with van der Waals surface area (Å²) >= 11 is 3.26. The Morgan fingerprint density at radius 1 is 1.58 bits per heavy atom. The Kier molecular flexibility index (Phi) is 5.46. The van der Waals surface area contributed by atoms with Gasteiger partial charge in [0.25, 0.3) is 0 Å². The van der Waals surface area contributed by atoms with E-state index in [4.69, 9.17) is 5.73 Å². The van der Waals surface area contributed by atoms with Crippen LogP contribution in [0.1, 0.15) is 24.9 Å². The lowest BCUT2D eigenvalue weighted by Crippen LogP contribution is -2.08. The molecular formula is C8H12BrClN2. The third-order valence-electron chi connectivity index (χ3n) is 1.62. The lowest BCUT2D eigenvalue weighted by atomic mass is 10.1. The third kappa shape index (κ3) is 3.09. The van der Waals surface area contributed by atoms with Crippen LogP contribution in [0.15, 0.2) is 22.9 Å². The van der Waals surface area contributed by atoms with Crippen LogP contribution in [0.25, 0.3) is 0 Å². The molecule has 0 aliphatic rings. The van der Waals surface area contributed by atoms with E-state index in [-0.39, 0.29) is 18.4 Å². The normalized spacial score (nSPS) is 11.9. The van der Waals surface area contributed by atoms with Gasteiger partial charge in [0.05, 0.1) is 0 Å². The first-order valence-electron chi connectivity index (χ1n) is 3.61. The van der Waals surface area contributed by atoms with Crippen molar-refractivity contribution in [3.63, 3.8) is 0 Å². The molecule has 0 unspecified atom stereocenters. The van der Waals surface area contributed by atoms with Gasteiger partial charge in [-0.25, -0.2) is 4.98 Å². The maximum absolute atomic E-state index is 5.79. The molecule has 0 amide bonds. The fourth-order valence-corrected chi connectivity index (χ4v) is 1.08. The van der Waals surface area contributed by atoms with Gasteiger partial charge < -0.3 is 5.73 Å². The van der Waals surface area contributed by atoms with Crippen LogP contribution in [-0.4, -0.2) is 4.98 Å². The second-order valence-corrected chi connectivity index (χ2v) is 3.24. The minimum atomic E-state index is 0. The molecule has 1 atom stereocenters. The van der Waals surface area contributed by atoms with Crippen molar-refractivity contribution in [3.05, 3.63) is 28.5 Å². The SMILES string of the molecule is CC[C@H](N)c1ccc(Br)nc1.Cl. The van der Waals surface area contributed by atoms with E-state index >= 15 is 0 Å². The summed E-state index contributed by atoms with van der Waals surface area (Å²) in [6, 6.07) is 4.02. The highest BCUT2D eigenvalue weighted by atomic mass is 79.9. The maximum Gasteiger partial charge on any atom is 0.106 e. The minimum absolute atomic E-state index is 0. The van der Waals surface area contributed by atoms with Crippen LogP contribution in [-0.2, 0) is 0 Å². The van der Waals surface area contributed by atoms with Crippen molar-refractivity contribution in [2.24, 2.45) is 5.73 Å². The lowest BCUT2D eigenvalue weighted by molar-refractivity contribution is 0.695. The van der Waals surface area contributed by atoms with Gasteiger partial charge in [-0.15, -0.1) is 12.4 Å². The number of aromatic nitrogens is 1. The molecule has 1 aromatic rings. The summed E-state index contributed by atoms with van der Waals surface area (Å²) in [5.41, 5.74) is 6.88. The van der Waals surface area contributed by atoms with Crippen LogP contribution in [0.3, 0.4) is 0 Å². The zero-order valence-electron chi connectivity index (χ0n) is 6.83. The summed E-state index contributed by atoms with van der Waals surface area (Å²) in [5.74, 6) is 0. The average molecular weight is 252 g/mol. The zero-order valence-corrected chi connectivity index (χ0v) is 9.23. The highest BCUT2D eigenvalue weighted by molar-refractivity contribution is 9.10. The number of nitrogens with two attached hydrogens (primary N) is 1. The number of hydrogen-bond acceptors (Lipinski definition) is 2. The van der Waals surface area contributed by atoms with Crippen LogP contribution in [0.2, 0.25) is 0 Å². The Balaban J connectivity index is 0.00000121. The molecule has 1 heterocycles. The summed E-state index contributed by atoms with van der Waals surface area (Å²) in [6.07, 6.45) is 2.75. The fraction of sp³-hybridized carbons (Fsp3) is 0.375. The van der Waals surface area contributed by atoms with E-state index in [1.165, 1.54) is 0 Å². The molecule has 4 heteroatoms. The number of nitrogens with zero attached hydrogens (tertiary/aromatic N) is 1. The maximum atomic E-state index is 5.79. The molecule has 0 bridgehead atoms. The molecule has 2 nitrogen and oxygen atoms in total. The molecule has 0 aromatic carbocycles. The molecule has 0 fully saturated rings. The van der Waals surface area contributed by atoms with Gasteiger partial charge in [0, 0.05) is 12.2 Å². The first-order valence-corrected chi connectivity index (χ1v) is 4.40. The van der Waals surface area contributed by atoms with Gasteiger partial charge in [0.2, 0.25) is 0 Å². The summed E-state index contributed by atoms with van der Waals surface area (Å²) in [5, 5.41) is 0. The molecule has 0 aliphatic heterocycles. The summed E-state index contributed by atoms with van der Waals surface area (Å²) in [7, 11) is 0. The molecular weight excluding hydrogens is 239 g/mol. The molecule has 0 radical (unpaired) electrons. The predicted molar refractivity (Wildman–Crippen MR) is 56.4 cm³/mol. The fourth-order valence-electron chi connectivity index (χ4n) is 0.842. The molecule has 0 aliphatic carbocycles. The van der Waals surface area contributed by atoms with Gasteiger partial charge in [-0.3, -0.25) is 0 Å². The van der Waals surface area contributed by atoms with E-state index in [2.05, 4.69) is 27.8 Å². The van der Waals surface area contributed by atoms with Gasteiger partial charge >= 0.3 is 0 Å². The van der Waals surface area contributed by atoms with Crippen LogP contribution in [0.5, 0.6) is 0 Å². The molecule has 0 saturated heterocycles. The van der Waals surface area contributed by atoms with Crippen LogP contribution in [0.4, 0.5) is 0 Å². The Hall–Kier alpha value is -0.120. The van der Waals surface area contributed by atoms with E-state index in [1.807, 2.05) is 12.1 Å². The topological polar surface area (TPSA) is 38.9 Å². The van der Waals surface area contributed by atoms with Gasteiger partial charge in [-0.05, 0) is 34.0 Å². The first kappa shape index (κ1) is 11.9. The molecule has 1 rings (SSSR count). The molecule has 68 valence electrons. The quantitative estimate of drug-likeness (QED) is 0.821. The van der Waals surface area contributed by atoms with Crippen LogP contribution < -0.4 is 5.73 Å². The first-order chi connectivity index (χ1) is 5.24. The molecule has 2 N–H and O–H groups in total. The van der Waals surface area contributed by atoms with Crippen LogP contribution >= 0.6 is 28.3 Å². The van der Waals surface area contributed by atoms with Gasteiger partial charge in [-0.2, -0.15) is 0 Å². The van der Waals surface area contributed by atoms with E-state index < -0.39 is 0 Å². The molecule has 12 heavy (non-hydrogen) atoms. The molecule has 0 spiro atoms. The average Bonchev–Trinajstić information content (AvgIpc) is 2.05. The van der Waals surface area contributed by atoms with Crippen LogP contribution in [0, 0.1) is 0 Å². The number of pyridine rings is 1. The van der Waals surface area contributed by atoms with Gasteiger partial charge in [0.1, 0.15) is 4.60 Å². The van der Waals surface area contributed by atoms with Crippen molar-refractivity contribution in [1.29, 1.82) is 0 Å². The Morgan fingerprint density at radius 2 is 2.25 bits per heavy atom. The van der Waals surface area contributed by atoms with Crippen molar-refractivity contribution >= 4 is 28.3 Å². The lowest BCUT2D eigenvalue weighted by Gasteiger charge is -2.07. The predicted octanol–water partition coefficient (Wildman–Crippen LogP) is 2.68. The number of rotatable bonds is 2. The second-order valence-electron chi connectivity index (χ2n) is 2.43. The van der Waals surface area contributed by atoms with Gasteiger partial charge in [0.15, 0.2) is 0 Å². The second kappa shape index (κ2) is 5.51. The number of hydrogen-bond donors (Lipinski definition) is 1. The minimum Gasteiger partial charge on any atom is -0.324 e. The Morgan fingerprint density at radius 3 is 2.67 bits per heavy atom. The van der Waals surface area contributed by atoms with E-state index in [9.17, 15) is 0 Å². The smallest absolute Gasteiger partial charge is 0.106 e. The number of halogens is 2. The summed E-state index contributed by atoms with van der Waals surface area (Å²) in [4.78, 5) is 4.08. The summed E-state index contributed by atoms with van der Waals surface area (Å²) in [6.45, 7) is 2.06. The van der Waals surface area contributed by atoms with Crippen molar-refractivity contribution < 1.29 is 0 Å². The van der Waals surface area contributed by atoms with Crippen molar-refractivity contribution in [2.45, 2.75) is 19.4 Å². The Labute approximate surface area is 87.1 Å². The zero-order chi connectivity index (χ0) is 8.27. The Bertz CT molecular complexity index is 225. The van der Waals surface area contributed by atoms with Crippen molar-refractivity contribution in [1.82, 2.24) is 4.98 Å². The molecule has 0 saturated carbocycles. The third-order valence-corrected chi connectivity index (χ3v) is 2.09. The monoisotopic (exact) mass is 250 g/mol. The van der Waals surface area contributed by atoms with Crippen molar-refractivity contribution in [2.75, 3.05) is 0 Å². The molecule has 1 aromatic heterocycles.